The van der Waals surface area contributed by atoms with E-state index < -0.39 is 0 Å². The van der Waals surface area contributed by atoms with Crippen molar-refractivity contribution in [2.45, 2.75) is 25.8 Å². The van der Waals surface area contributed by atoms with Gasteiger partial charge in [0.15, 0.2) is 0 Å². The van der Waals surface area contributed by atoms with Crippen molar-refractivity contribution in [1.82, 2.24) is 9.55 Å². The minimum atomic E-state index is -0.259. The number of piperidine rings is 1. The molecule has 2 aliphatic rings. The Morgan fingerprint density at radius 2 is 2.00 bits per heavy atom. The summed E-state index contributed by atoms with van der Waals surface area (Å²) in [7, 11) is 1.71. The normalized spacial score (nSPS) is 21.1. The van der Waals surface area contributed by atoms with Gasteiger partial charge in [0.05, 0.1) is 10.7 Å². The van der Waals surface area contributed by atoms with Gasteiger partial charge in [0, 0.05) is 38.4 Å². The summed E-state index contributed by atoms with van der Waals surface area (Å²) in [5, 5.41) is 10.7. The first-order chi connectivity index (χ1) is 14.5. The Morgan fingerprint density at radius 1 is 1.23 bits per heavy atom. The van der Waals surface area contributed by atoms with Gasteiger partial charge in [-0.3, -0.25) is 4.79 Å². The molecular weight excluding hydrogens is 401 g/mol. The van der Waals surface area contributed by atoms with Crippen LogP contribution in [0.3, 0.4) is 0 Å². The predicted octanol–water partition coefficient (Wildman–Crippen LogP) is 3.42. The Kier molecular flexibility index (Phi) is 4.51. The Labute approximate surface area is 177 Å². The molecule has 0 saturated carbocycles. The molecule has 30 heavy (non-hydrogen) atoms. The topological polar surface area (TPSA) is 65.2 Å². The minimum absolute atomic E-state index is 0.183. The van der Waals surface area contributed by atoms with E-state index in [0.29, 0.717) is 17.6 Å². The number of rotatable bonds is 2. The number of pyridine rings is 1. The smallest absolute Gasteiger partial charge is 0.271 e. The van der Waals surface area contributed by atoms with E-state index in [4.69, 9.17) is 0 Å². The zero-order valence-corrected chi connectivity index (χ0v) is 17.7. The molecule has 2 saturated heterocycles. The predicted molar refractivity (Wildman–Crippen MR) is 117 cm³/mol. The number of hydrogen-bond acceptors (Lipinski definition) is 6. The molecule has 0 spiro atoms. The molecule has 1 aromatic carbocycles. The summed E-state index contributed by atoms with van der Waals surface area (Å²) < 4.78 is 14.9. The van der Waals surface area contributed by atoms with Crippen LogP contribution in [0.25, 0.3) is 10.3 Å². The molecule has 154 valence electrons. The van der Waals surface area contributed by atoms with Gasteiger partial charge < -0.3 is 14.4 Å². The Morgan fingerprint density at radius 3 is 2.73 bits per heavy atom. The van der Waals surface area contributed by atoms with E-state index in [1.54, 1.807) is 11.6 Å². The van der Waals surface area contributed by atoms with Crippen LogP contribution in [-0.2, 0) is 7.05 Å². The third-order valence-electron chi connectivity index (χ3n) is 6.42. The van der Waals surface area contributed by atoms with Crippen LogP contribution in [-0.4, -0.2) is 35.2 Å². The highest BCUT2D eigenvalue weighted by Crippen LogP contribution is 2.39. The maximum Gasteiger partial charge on any atom is 0.271 e. The lowest BCUT2D eigenvalue weighted by molar-refractivity contribution is 0.396. The van der Waals surface area contributed by atoms with Gasteiger partial charge in [-0.05, 0) is 49.9 Å². The molecule has 3 aromatic rings. The van der Waals surface area contributed by atoms with Gasteiger partial charge in [-0.1, -0.05) is 0 Å². The summed E-state index contributed by atoms with van der Waals surface area (Å²) >= 11 is 1.49. The van der Waals surface area contributed by atoms with Crippen LogP contribution in [0.1, 0.15) is 23.4 Å². The van der Waals surface area contributed by atoms with Gasteiger partial charge in [-0.15, -0.1) is 11.3 Å². The van der Waals surface area contributed by atoms with Crippen molar-refractivity contribution in [1.29, 1.82) is 5.26 Å². The molecule has 0 unspecified atom stereocenters. The Hall–Kier alpha value is -2.92. The van der Waals surface area contributed by atoms with Gasteiger partial charge in [-0.25, -0.2) is 9.37 Å². The summed E-state index contributed by atoms with van der Waals surface area (Å²) in [6.07, 6.45) is 1.96. The van der Waals surface area contributed by atoms with E-state index >= 15 is 0 Å². The lowest BCUT2D eigenvalue weighted by Crippen LogP contribution is -2.47. The molecule has 5 rings (SSSR count). The van der Waals surface area contributed by atoms with E-state index in [-0.39, 0.29) is 16.9 Å². The van der Waals surface area contributed by atoms with Gasteiger partial charge in [0.1, 0.15) is 27.8 Å². The summed E-state index contributed by atoms with van der Waals surface area (Å²) in [4.78, 5) is 22.9. The van der Waals surface area contributed by atoms with Gasteiger partial charge >= 0.3 is 0 Å². The van der Waals surface area contributed by atoms with Crippen LogP contribution in [0, 0.1) is 30.0 Å². The zero-order valence-electron chi connectivity index (χ0n) is 16.9. The van der Waals surface area contributed by atoms with Gasteiger partial charge in [0.25, 0.3) is 5.56 Å². The lowest BCUT2D eigenvalue weighted by Gasteiger charge is -2.40. The molecule has 2 fully saturated rings. The monoisotopic (exact) mass is 423 g/mol. The summed E-state index contributed by atoms with van der Waals surface area (Å²) in [5.74, 6) is 0.204. The first-order valence-electron chi connectivity index (χ1n) is 10.2. The van der Waals surface area contributed by atoms with Gasteiger partial charge in [0.2, 0.25) is 0 Å². The maximum atomic E-state index is 13.3. The second kappa shape index (κ2) is 7.10. The quantitative estimate of drug-likeness (QED) is 0.632. The fraction of sp³-hybridized carbons (Fsp3) is 0.409. The van der Waals surface area contributed by atoms with Crippen molar-refractivity contribution in [3.8, 4) is 6.07 Å². The van der Waals surface area contributed by atoms with E-state index in [9.17, 15) is 14.4 Å². The minimum Gasteiger partial charge on any atom is -0.368 e. The number of nitrogens with zero attached hydrogens (tertiary/aromatic N) is 5. The fourth-order valence-corrected chi connectivity index (χ4v) is 5.90. The number of nitriles is 1. The summed E-state index contributed by atoms with van der Waals surface area (Å²) in [6, 6.07) is 9.25. The molecule has 0 N–H and O–H groups in total. The molecule has 6 nitrogen and oxygen atoms in total. The number of halogens is 1. The molecule has 2 atom stereocenters. The second-order valence-corrected chi connectivity index (χ2v) is 9.29. The molecule has 2 aromatic heterocycles. The Bertz CT molecular complexity index is 1230. The van der Waals surface area contributed by atoms with E-state index in [2.05, 4.69) is 20.9 Å². The standard InChI is InChI=1S/C22H22FN5OS/c1-13-25-19-20(17(11-24)21(29)26(2)22(19)30-13)27-9-8-18-14(12-27)7-10-28(18)16-5-3-15(23)4-6-16/h3-6,14,18H,7-10,12H2,1-2H3/t14-,18+/m0/s1. The first-order valence-corrected chi connectivity index (χ1v) is 11.0. The van der Waals surface area contributed by atoms with Crippen molar-refractivity contribution in [3.05, 3.63) is 51.0 Å². The highest BCUT2D eigenvalue weighted by Gasteiger charge is 2.39. The molecule has 4 heterocycles. The average Bonchev–Trinajstić information content (AvgIpc) is 3.34. The van der Waals surface area contributed by atoms with Crippen LogP contribution < -0.4 is 15.4 Å². The number of aryl methyl sites for hydroxylation is 2. The molecule has 0 aliphatic carbocycles. The first kappa shape index (κ1) is 19.1. The second-order valence-electron chi connectivity index (χ2n) is 8.11. The number of thiazole rings is 1. The van der Waals surface area contributed by atoms with Crippen LogP contribution in [0.5, 0.6) is 0 Å². The van der Waals surface area contributed by atoms with Crippen LogP contribution in [0.15, 0.2) is 29.1 Å². The van der Waals surface area contributed by atoms with E-state index in [0.717, 1.165) is 53.5 Å². The molecule has 8 heteroatoms. The average molecular weight is 424 g/mol. The number of fused-ring (bicyclic) bond motifs is 2. The van der Waals surface area contributed by atoms with E-state index in [1.807, 2.05) is 19.1 Å². The molecule has 0 amide bonds. The van der Waals surface area contributed by atoms with Crippen molar-refractivity contribution in [2.75, 3.05) is 29.4 Å². The van der Waals surface area contributed by atoms with Crippen LogP contribution >= 0.6 is 11.3 Å². The van der Waals surface area contributed by atoms with Crippen molar-refractivity contribution < 1.29 is 4.39 Å². The SMILES string of the molecule is Cc1nc2c(N3CC[C@@H]4[C@@H](CCN4c4ccc(F)cc4)C3)c(C#N)c(=O)n(C)c2s1. The largest absolute Gasteiger partial charge is 0.368 e. The highest BCUT2D eigenvalue weighted by molar-refractivity contribution is 7.18. The maximum absolute atomic E-state index is 13.3. The van der Waals surface area contributed by atoms with Crippen molar-refractivity contribution in [3.63, 3.8) is 0 Å². The molecule has 0 bridgehead atoms. The van der Waals surface area contributed by atoms with Gasteiger partial charge in [-0.2, -0.15) is 5.26 Å². The van der Waals surface area contributed by atoms with E-state index in [1.165, 1.54) is 23.5 Å². The molecule has 0 radical (unpaired) electrons. The summed E-state index contributed by atoms with van der Waals surface area (Å²) in [5.41, 5.74) is 2.43. The number of aromatic nitrogens is 2. The molecule has 2 aliphatic heterocycles. The third-order valence-corrected chi connectivity index (χ3v) is 7.47. The Balaban J connectivity index is 1.50. The van der Waals surface area contributed by atoms with Crippen LogP contribution in [0.4, 0.5) is 15.8 Å². The lowest BCUT2D eigenvalue weighted by atomic mass is 9.92. The van der Waals surface area contributed by atoms with Crippen molar-refractivity contribution in [2.24, 2.45) is 13.0 Å². The number of hydrogen-bond donors (Lipinski definition) is 0. The number of anilines is 2. The highest BCUT2D eigenvalue weighted by atomic mass is 32.1. The zero-order chi connectivity index (χ0) is 21.0. The fourth-order valence-electron chi connectivity index (χ4n) is 5.03. The van der Waals surface area contributed by atoms with Crippen LogP contribution in [0.2, 0.25) is 0 Å². The third kappa shape index (κ3) is 2.88. The van der Waals surface area contributed by atoms with Crippen molar-refractivity contribution >= 4 is 33.1 Å². The molecular formula is C22H22FN5OS. The number of benzene rings is 1. The summed E-state index contributed by atoms with van der Waals surface area (Å²) in [6.45, 7) is 4.40.